The number of anilines is 1. The van der Waals surface area contributed by atoms with Gasteiger partial charge in [-0.25, -0.2) is 4.98 Å². The molecule has 0 saturated heterocycles. The Morgan fingerprint density at radius 2 is 1.85 bits per heavy atom. The molecule has 0 aliphatic heterocycles. The summed E-state index contributed by atoms with van der Waals surface area (Å²) in [6.07, 6.45) is 2.62. The van der Waals surface area contributed by atoms with Gasteiger partial charge in [-0.15, -0.1) is 0 Å². The summed E-state index contributed by atoms with van der Waals surface area (Å²) >= 11 is 11.3. The summed E-state index contributed by atoms with van der Waals surface area (Å²) in [5, 5.41) is 6.60. The number of carbonyl (C=O) groups is 1. The number of hydrogen-bond acceptors (Lipinski definition) is 5. The zero-order valence-corrected chi connectivity index (χ0v) is 20.2. The molecular formula is C26H24ClN3O3S. The van der Waals surface area contributed by atoms with E-state index < -0.39 is 0 Å². The van der Waals surface area contributed by atoms with Crippen molar-refractivity contribution in [3.8, 4) is 5.75 Å². The number of fused-ring (bicyclic) bond motifs is 1. The van der Waals surface area contributed by atoms with Crippen molar-refractivity contribution < 1.29 is 13.9 Å². The molecule has 3 aromatic carbocycles. The highest BCUT2D eigenvalue weighted by Gasteiger charge is 2.11. The molecule has 0 aliphatic carbocycles. The fourth-order valence-electron chi connectivity index (χ4n) is 3.28. The SMILES string of the molecule is CCCCOc1ccc(C(=O)NC(=S)Nc2ccc3oc(Cc4ccc(Cl)cc4)nc3c2)cc1. The number of nitrogens with zero attached hydrogens (tertiary/aromatic N) is 1. The number of unbranched alkanes of at least 4 members (excludes halogenated alkanes) is 1. The smallest absolute Gasteiger partial charge is 0.257 e. The summed E-state index contributed by atoms with van der Waals surface area (Å²) in [7, 11) is 0. The molecule has 8 heteroatoms. The molecule has 2 N–H and O–H groups in total. The Morgan fingerprint density at radius 3 is 2.59 bits per heavy atom. The van der Waals surface area contributed by atoms with E-state index in [0.29, 0.717) is 46.3 Å². The van der Waals surface area contributed by atoms with Gasteiger partial charge in [-0.2, -0.15) is 0 Å². The van der Waals surface area contributed by atoms with E-state index in [1.54, 1.807) is 24.3 Å². The Labute approximate surface area is 208 Å². The third-order valence-corrected chi connectivity index (χ3v) is 5.52. The molecule has 6 nitrogen and oxygen atoms in total. The number of thiocarbonyl (C=S) groups is 1. The largest absolute Gasteiger partial charge is 0.494 e. The maximum atomic E-state index is 12.5. The highest BCUT2D eigenvalue weighted by Crippen LogP contribution is 2.22. The molecule has 1 aromatic heterocycles. The summed E-state index contributed by atoms with van der Waals surface area (Å²) < 4.78 is 11.5. The highest BCUT2D eigenvalue weighted by molar-refractivity contribution is 7.80. The normalized spacial score (nSPS) is 10.8. The summed E-state index contributed by atoms with van der Waals surface area (Å²) in [6.45, 7) is 2.77. The van der Waals surface area contributed by atoms with Gasteiger partial charge in [0, 0.05) is 22.7 Å². The van der Waals surface area contributed by atoms with Crippen LogP contribution in [0.5, 0.6) is 5.75 Å². The standard InChI is InChI=1S/C26H24ClN3O3S/c1-2-3-14-32-21-11-6-18(7-12-21)25(31)30-26(34)28-20-10-13-23-22(16-20)29-24(33-23)15-17-4-8-19(27)9-5-17/h4-13,16H,2-3,14-15H2,1H3,(H2,28,30,31,34). The van der Waals surface area contributed by atoms with Crippen LogP contribution >= 0.6 is 23.8 Å². The number of ether oxygens (including phenoxy) is 1. The minimum atomic E-state index is -0.301. The van der Waals surface area contributed by atoms with Crippen molar-refractivity contribution in [2.24, 2.45) is 0 Å². The van der Waals surface area contributed by atoms with E-state index in [1.807, 2.05) is 42.5 Å². The van der Waals surface area contributed by atoms with Gasteiger partial charge in [-0.3, -0.25) is 10.1 Å². The summed E-state index contributed by atoms with van der Waals surface area (Å²) in [5.41, 5.74) is 3.61. The first kappa shape index (κ1) is 23.7. The zero-order valence-electron chi connectivity index (χ0n) is 18.6. The van der Waals surface area contributed by atoms with Gasteiger partial charge in [-0.05, 0) is 78.8 Å². The van der Waals surface area contributed by atoms with E-state index in [2.05, 4.69) is 22.5 Å². The van der Waals surface area contributed by atoms with Crippen LogP contribution in [0.25, 0.3) is 11.1 Å². The van der Waals surface area contributed by atoms with Crippen LogP contribution in [-0.2, 0) is 6.42 Å². The molecule has 0 unspecified atom stereocenters. The predicted molar refractivity (Wildman–Crippen MR) is 139 cm³/mol. The third-order valence-electron chi connectivity index (χ3n) is 5.07. The number of carbonyl (C=O) groups excluding carboxylic acids is 1. The van der Waals surface area contributed by atoms with Crippen molar-refractivity contribution >= 4 is 51.6 Å². The molecule has 0 fully saturated rings. The molecule has 174 valence electrons. The fraction of sp³-hybridized carbons (Fsp3) is 0.192. The van der Waals surface area contributed by atoms with Crippen LogP contribution in [0.15, 0.2) is 71.1 Å². The van der Waals surface area contributed by atoms with E-state index in [0.717, 1.165) is 24.2 Å². The van der Waals surface area contributed by atoms with Gasteiger partial charge in [0.2, 0.25) is 0 Å². The first-order valence-electron chi connectivity index (χ1n) is 11.0. The first-order valence-corrected chi connectivity index (χ1v) is 11.8. The molecule has 0 atom stereocenters. The fourth-order valence-corrected chi connectivity index (χ4v) is 3.62. The molecule has 4 aromatic rings. The van der Waals surface area contributed by atoms with Crippen LogP contribution in [0.4, 0.5) is 5.69 Å². The van der Waals surface area contributed by atoms with Crippen LogP contribution in [-0.4, -0.2) is 22.6 Å². The molecule has 1 heterocycles. The lowest BCUT2D eigenvalue weighted by molar-refractivity contribution is 0.0977. The van der Waals surface area contributed by atoms with Crippen LogP contribution < -0.4 is 15.4 Å². The Hall–Kier alpha value is -3.42. The van der Waals surface area contributed by atoms with Gasteiger partial charge in [0.15, 0.2) is 16.6 Å². The monoisotopic (exact) mass is 493 g/mol. The van der Waals surface area contributed by atoms with E-state index in [9.17, 15) is 4.79 Å². The summed E-state index contributed by atoms with van der Waals surface area (Å²) in [4.78, 5) is 17.1. The van der Waals surface area contributed by atoms with Gasteiger partial charge in [-0.1, -0.05) is 37.1 Å². The summed E-state index contributed by atoms with van der Waals surface area (Å²) in [6, 6.07) is 20.0. The van der Waals surface area contributed by atoms with Gasteiger partial charge >= 0.3 is 0 Å². The molecule has 4 rings (SSSR count). The second kappa shape index (κ2) is 11.1. The van der Waals surface area contributed by atoms with Crippen molar-refractivity contribution in [1.82, 2.24) is 10.3 Å². The van der Waals surface area contributed by atoms with Crippen LogP contribution in [0.1, 0.15) is 41.6 Å². The quantitative estimate of drug-likeness (QED) is 0.219. The maximum Gasteiger partial charge on any atom is 0.257 e. The lowest BCUT2D eigenvalue weighted by atomic mass is 10.1. The number of aromatic nitrogens is 1. The zero-order chi connectivity index (χ0) is 23.9. The van der Waals surface area contributed by atoms with Crippen LogP contribution in [0.3, 0.4) is 0 Å². The topological polar surface area (TPSA) is 76.4 Å². The van der Waals surface area contributed by atoms with Crippen molar-refractivity contribution in [2.75, 3.05) is 11.9 Å². The third kappa shape index (κ3) is 6.34. The number of amides is 1. The average molecular weight is 494 g/mol. The summed E-state index contributed by atoms with van der Waals surface area (Å²) in [5.74, 6) is 1.04. The van der Waals surface area contributed by atoms with Gasteiger partial charge in [0.05, 0.1) is 6.61 Å². The Bertz CT molecular complexity index is 1290. The van der Waals surface area contributed by atoms with E-state index in [-0.39, 0.29) is 11.0 Å². The minimum absolute atomic E-state index is 0.192. The molecule has 0 spiro atoms. The second-order valence-electron chi connectivity index (χ2n) is 7.73. The number of hydrogen-bond donors (Lipinski definition) is 2. The number of halogens is 1. The van der Waals surface area contributed by atoms with Crippen molar-refractivity contribution in [2.45, 2.75) is 26.2 Å². The van der Waals surface area contributed by atoms with E-state index in [1.165, 1.54) is 0 Å². The molecular weight excluding hydrogens is 470 g/mol. The lowest BCUT2D eigenvalue weighted by Crippen LogP contribution is -2.34. The molecule has 0 aliphatic rings. The van der Waals surface area contributed by atoms with Gasteiger partial charge < -0.3 is 14.5 Å². The second-order valence-corrected chi connectivity index (χ2v) is 8.57. The van der Waals surface area contributed by atoms with Crippen molar-refractivity contribution in [3.05, 3.63) is 88.8 Å². The Morgan fingerprint density at radius 1 is 1.09 bits per heavy atom. The lowest BCUT2D eigenvalue weighted by Gasteiger charge is -2.10. The number of benzene rings is 3. The minimum Gasteiger partial charge on any atom is -0.494 e. The Kier molecular flexibility index (Phi) is 7.77. The average Bonchev–Trinajstić information content (AvgIpc) is 3.22. The van der Waals surface area contributed by atoms with E-state index >= 15 is 0 Å². The number of oxazole rings is 1. The predicted octanol–water partition coefficient (Wildman–Crippen LogP) is 6.38. The molecule has 0 radical (unpaired) electrons. The van der Waals surface area contributed by atoms with Gasteiger partial charge in [0.1, 0.15) is 11.3 Å². The number of nitrogens with one attached hydrogen (secondary N) is 2. The van der Waals surface area contributed by atoms with Crippen LogP contribution in [0, 0.1) is 0 Å². The van der Waals surface area contributed by atoms with Gasteiger partial charge in [0.25, 0.3) is 5.91 Å². The molecule has 0 bridgehead atoms. The molecule has 0 saturated carbocycles. The molecule has 1 amide bonds. The highest BCUT2D eigenvalue weighted by atomic mass is 35.5. The maximum absolute atomic E-state index is 12.5. The van der Waals surface area contributed by atoms with E-state index in [4.69, 9.17) is 33.0 Å². The Balaban J connectivity index is 1.34. The first-order chi connectivity index (χ1) is 16.5. The molecule has 34 heavy (non-hydrogen) atoms. The van der Waals surface area contributed by atoms with Crippen molar-refractivity contribution in [3.63, 3.8) is 0 Å². The number of rotatable bonds is 8. The van der Waals surface area contributed by atoms with Crippen molar-refractivity contribution in [1.29, 1.82) is 0 Å². The van der Waals surface area contributed by atoms with Crippen LogP contribution in [0.2, 0.25) is 5.02 Å².